The SMILES string of the molecule is Oc1ccccc1-c1ccc2c(c1)COC2. The van der Waals surface area contributed by atoms with Crippen molar-refractivity contribution in [1.29, 1.82) is 0 Å². The normalized spacial score (nSPS) is 13.8. The molecule has 0 saturated heterocycles. The van der Waals surface area contributed by atoms with Crippen LogP contribution in [0.1, 0.15) is 11.1 Å². The van der Waals surface area contributed by atoms with Crippen LogP contribution in [-0.4, -0.2) is 5.11 Å². The van der Waals surface area contributed by atoms with Gasteiger partial charge in [-0.3, -0.25) is 0 Å². The number of rotatable bonds is 1. The number of phenols is 1. The molecule has 2 nitrogen and oxygen atoms in total. The maximum absolute atomic E-state index is 9.78. The van der Waals surface area contributed by atoms with E-state index in [2.05, 4.69) is 12.1 Å². The fourth-order valence-corrected chi connectivity index (χ4v) is 2.06. The molecule has 0 aliphatic carbocycles. The minimum absolute atomic E-state index is 0.321. The molecule has 0 unspecified atom stereocenters. The van der Waals surface area contributed by atoms with E-state index in [-0.39, 0.29) is 0 Å². The van der Waals surface area contributed by atoms with Gasteiger partial charge in [0, 0.05) is 5.56 Å². The number of para-hydroxylation sites is 1. The van der Waals surface area contributed by atoms with Gasteiger partial charge in [0.2, 0.25) is 0 Å². The van der Waals surface area contributed by atoms with Crippen molar-refractivity contribution in [2.75, 3.05) is 0 Å². The summed E-state index contributed by atoms with van der Waals surface area (Å²) >= 11 is 0. The van der Waals surface area contributed by atoms with Gasteiger partial charge in [-0.05, 0) is 28.8 Å². The molecule has 1 N–H and O–H groups in total. The minimum Gasteiger partial charge on any atom is -0.507 e. The molecule has 2 aromatic carbocycles. The van der Waals surface area contributed by atoms with Crippen molar-refractivity contribution in [3.63, 3.8) is 0 Å². The molecular weight excluding hydrogens is 200 g/mol. The molecule has 1 aliphatic heterocycles. The van der Waals surface area contributed by atoms with Crippen molar-refractivity contribution < 1.29 is 9.84 Å². The molecule has 2 heteroatoms. The van der Waals surface area contributed by atoms with Gasteiger partial charge in [-0.1, -0.05) is 30.3 Å². The second-order valence-electron chi connectivity index (χ2n) is 3.99. The largest absolute Gasteiger partial charge is 0.507 e. The van der Waals surface area contributed by atoms with Crippen LogP contribution < -0.4 is 0 Å². The summed E-state index contributed by atoms with van der Waals surface area (Å²) < 4.78 is 5.37. The van der Waals surface area contributed by atoms with Crippen molar-refractivity contribution >= 4 is 0 Å². The summed E-state index contributed by atoms with van der Waals surface area (Å²) in [6.07, 6.45) is 0. The molecule has 3 rings (SSSR count). The molecule has 0 spiro atoms. The number of hydrogen-bond donors (Lipinski definition) is 1. The summed E-state index contributed by atoms with van der Waals surface area (Å²) in [5, 5.41) is 9.78. The fourth-order valence-electron chi connectivity index (χ4n) is 2.06. The van der Waals surface area contributed by atoms with Gasteiger partial charge in [-0.2, -0.15) is 0 Å². The standard InChI is InChI=1S/C14H12O2/c15-14-4-2-1-3-13(14)10-5-6-11-8-16-9-12(11)7-10/h1-7,15H,8-9H2. The van der Waals surface area contributed by atoms with Crippen LogP contribution in [-0.2, 0) is 18.0 Å². The maximum atomic E-state index is 9.78. The smallest absolute Gasteiger partial charge is 0.123 e. The third-order valence-corrected chi connectivity index (χ3v) is 2.94. The van der Waals surface area contributed by atoms with Crippen LogP contribution in [0.4, 0.5) is 0 Å². The minimum atomic E-state index is 0.321. The first-order valence-corrected chi connectivity index (χ1v) is 5.32. The van der Waals surface area contributed by atoms with Crippen LogP contribution in [0, 0.1) is 0 Å². The lowest BCUT2D eigenvalue weighted by Crippen LogP contribution is -1.84. The Kier molecular flexibility index (Phi) is 2.15. The van der Waals surface area contributed by atoms with Gasteiger partial charge < -0.3 is 9.84 Å². The molecule has 16 heavy (non-hydrogen) atoms. The number of ether oxygens (including phenoxy) is 1. The molecule has 0 aromatic heterocycles. The van der Waals surface area contributed by atoms with E-state index in [9.17, 15) is 5.11 Å². The average molecular weight is 212 g/mol. The Morgan fingerprint density at radius 3 is 2.62 bits per heavy atom. The van der Waals surface area contributed by atoms with Gasteiger partial charge in [0.1, 0.15) is 5.75 Å². The summed E-state index contributed by atoms with van der Waals surface area (Å²) in [5.41, 5.74) is 4.39. The molecule has 0 saturated carbocycles. The molecule has 2 aromatic rings. The molecule has 1 aliphatic rings. The zero-order chi connectivity index (χ0) is 11.0. The summed E-state index contributed by atoms with van der Waals surface area (Å²) in [7, 11) is 0. The molecule has 80 valence electrons. The summed E-state index contributed by atoms with van der Waals surface area (Å²) in [4.78, 5) is 0. The van der Waals surface area contributed by atoms with Crippen LogP contribution in [0.3, 0.4) is 0 Å². The quantitative estimate of drug-likeness (QED) is 0.787. The molecule has 0 bridgehead atoms. The molecular formula is C14H12O2. The highest BCUT2D eigenvalue weighted by Gasteiger charge is 2.12. The van der Waals surface area contributed by atoms with E-state index in [1.165, 1.54) is 11.1 Å². The highest BCUT2D eigenvalue weighted by molar-refractivity contribution is 5.71. The van der Waals surface area contributed by atoms with Crippen molar-refractivity contribution in [1.82, 2.24) is 0 Å². The second-order valence-corrected chi connectivity index (χ2v) is 3.99. The Hall–Kier alpha value is -1.80. The van der Waals surface area contributed by atoms with Crippen LogP contribution in [0.25, 0.3) is 11.1 Å². The van der Waals surface area contributed by atoms with Crippen LogP contribution in [0.5, 0.6) is 5.75 Å². The van der Waals surface area contributed by atoms with Gasteiger partial charge in [0.25, 0.3) is 0 Å². The lowest BCUT2D eigenvalue weighted by molar-refractivity contribution is 0.134. The third kappa shape index (κ3) is 1.48. The van der Waals surface area contributed by atoms with E-state index in [1.54, 1.807) is 6.07 Å². The Labute approximate surface area is 94.1 Å². The van der Waals surface area contributed by atoms with E-state index in [4.69, 9.17) is 4.74 Å². The first kappa shape index (κ1) is 9.43. The summed E-state index contributed by atoms with van der Waals surface area (Å²) in [6, 6.07) is 13.6. The number of phenolic OH excluding ortho intramolecular Hbond substituents is 1. The Morgan fingerprint density at radius 2 is 1.75 bits per heavy atom. The predicted octanol–water partition coefficient (Wildman–Crippen LogP) is 3.09. The Morgan fingerprint density at radius 1 is 0.938 bits per heavy atom. The third-order valence-electron chi connectivity index (χ3n) is 2.94. The van der Waals surface area contributed by atoms with Crippen LogP contribution in [0.2, 0.25) is 0 Å². The summed E-state index contributed by atoms with van der Waals surface area (Å²) in [6.45, 7) is 1.38. The molecule has 0 fully saturated rings. The molecule has 0 atom stereocenters. The highest BCUT2D eigenvalue weighted by Crippen LogP contribution is 2.31. The Balaban J connectivity index is 2.11. The first-order chi connectivity index (χ1) is 7.84. The van der Waals surface area contributed by atoms with Crippen molar-refractivity contribution in [2.24, 2.45) is 0 Å². The van der Waals surface area contributed by atoms with Gasteiger partial charge in [0.15, 0.2) is 0 Å². The van der Waals surface area contributed by atoms with E-state index in [0.29, 0.717) is 19.0 Å². The predicted molar refractivity (Wildman–Crippen MR) is 62.0 cm³/mol. The summed E-state index contributed by atoms with van der Waals surface area (Å²) in [5.74, 6) is 0.321. The number of hydrogen-bond acceptors (Lipinski definition) is 2. The molecule has 0 amide bonds. The van der Waals surface area contributed by atoms with Crippen molar-refractivity contribution in [2.45, 2.75) is 13.2 Å². The number of benzene rings is 2. The Bertz CT molecular complexity index is 532. The zero-order valence-corrected chi connectivity index (χ0v) is 8.81. The van der Waals surface area contributed by atoms with Gasteiger partial charge in [0.05, 0.1) is 13.2 Å². The van der Waals surface area contributed by atoms with Crippen LogP contribution >= 0.6 is 0 Å². The van der Waals surface area contributed by atoms with Crippen LogP contribution in [0.15, 0.2) is 42.5 Å². The lowest BCUT2D eigenvalue weighted by Gasteiger charge is -2.06. The number of aromatic hydroxyl groups is 1. The zero-order valence-electron chi connectivity index (χ0n) is 8.81. The van der Waals surface area contributed by atoms with E-state index in [1.807, 2.05) is 24.3 Å². The van der Waals surface area contributed by atoms with E-state index in [0.717, 1.165) is 11.1 Å². The van der Waals surface area contributed by atoms with Gasteiger partial charge in [-0.25, -0.2) is 0 Å². The monoisotopic (exact) mass is 212 g/mol. The van der Waals surface area contributed by atoms with Crippen molar-refractivity contribution in [3.05, 3.63) is 53.6 Å². The second kappa shape index (κ2) is 3.65. The maximum Gasteiger partial charge on any atom is 0.123 e. The lowest BCUT2D eigenvalue weighted by atomic mass is 10.00. The fraction of sp³-hybridized carbons (Fsp3) is 0.143. The molecule has 1 heterocycles. The van der Waals surface area contributed by atoms with Gasteiger partial charge >= 0.3 is 0 Å². The van der Waals surface area contributed by atoms with Crippen molar-refractivity contribution in [3.8, 4) is 16.9 Å². The van der Waals surface area contributed by atoms with E-state index >= 15 is 0 Å². The first-order valence-electron chi connectivity index (χ1n) is 5.32. The average Bonchev–Trinajstić information content (AvgIpc) is 2.76. The molecule has 0 radical (unpaired) electrons. The van der Waals surface area contributed by atoms with E-state index < -0.39 is 0 Å². The topological polar surface area (TPSA) is 29.5 Å². The highest BCUT2D eigenvalue weighted by atomic mass is 16.5. The van der Waals surface area contributed by atoms with Gasteiger partial charge in [-0.15, -0.1) is 0 Å². The number of fused-ring (bicyclic) bond motifs is 1.